The third-order valence-electron chi connectivity index (χ3n) is 6.38. The molecule has 31 heavy (non-hydrogen) atoms. The number of carbonyl (C=O) groups excluding carboxylic acids is 2. The minimum atomic E-state index is -3.84. The van der Waals surface area contributed by atoms with E-state index in [1.54, 1.807) is 18.2 Å². The Kier molecular flexibility index (Phi) is 5.85. The van der Waals surface area contributed by atoms with E-state index in [4.69, 9.17) is 0 Å². The average molecular weight is 442 g/mol. The molecule has 1 spiro atoms. The molecule has 1 saturated heterocycles. The standard InChI is InChI=1S/C23H27N3O4S/c1-24-22(28)20-15-23(16-26(20)31(29,30)18-10-6-3-7-11-18)14-19(23)21(27)25-13-12-17-8-4-2-5-9-17/h2-11,19-20H,12-16H2,1H3,(H,24,28)(H,25,27). The smallest absolute Gasteiger partial charge is 0.243 e. The Labute approximate surface area is 182 Å². The molecule has 2 amide bonds. The predicted octanol–water partition coefficient (Wildman–Crippen LogP) is 1.56. The molecule has 2 aromatic carbocycles. The number of likely N-dealkylation sites (N-methyl/N-ethyl adjacent to an activating group) is 1. The summed E-state index contributed by atoms with van der Waals surface area (Å²) in [6.07, 6.45) is 1.69. The van der Waals surface area contributed by atoms with Crippen molar-refractivity contribution in [2.24, 2.45) is 11.3 Å². The Bertz CT molecular complexity index is 1060. The molecule has 0 bridgehead atoms. The predicted molar refractivity (Wildman–Crippen MR) is 117 cm³/mol. The maximum atomic E-state index is 13.2. The molecule has 1 heterocycles. The summed E-state index contributed by atoms with van der Waals surface area (Å²) in [5.41, 5.74) is 0.671. The number of hydrogen-bond donors (Lipinski definition) is 2. The van der Waals surface area contributed by atoms with Gasteiger partial charge in [-0.3, -0.25) is 9.59 Å². The lowest BCUT2D eigenvalue weighted by molar-refractivity contribution is -0.124. The number of amides is 2. The molecule has 0 aromatic heterocycles. The maximum absolute atomic E-state index is 13.2. The van der Waals surface area contributed by atoms with Crippen LogP contribution < -0.4 is 10.6 Å². The van der Waals surface area contributed by atoms with E-state index in [1.165, 1.54) is 23.5 Å². The van der Waals surface area contributed by atoms with E-state index in [-0.39, 0.29) is 29.2 Å². The second kappa shape index (κ2) is 8.43. The number of sulfonamides is 1. The summed E-state index contributed by atoms with van der Waals surface area (Å²) in [4.78, 5) is 25.4. The van der Waals surface area contributed by atoms with Crippen LogP contribution in [-0.2, 0) is 26.0 Å². The fourth-order valence-electron chi connectivity index (χ4n) is 4.56. The second-order valence-electron chi connectivity index (χ2n) is 8.34. The molecule has 2 aliphatic rings. The number of nitrogens with one attached hydrogen (secondary N) is 2. The van der Waals surface area contributed by atoms with Crippen molar-refractivity contribution in [3.8, 4) is 0 Å². The van der Waals surface area contributed by atoms with Gasteiger partial charge in [-0.05, 0) is 42.4 Å². The van der Waals surface area contributed by atoms with E-state index in [0.717, 1.165) is 12.0 Å². The van der Waals surface area contributed by atoms with Gasteiger partial charge in [0.1, 0.15) is 6.04 Å². The van der Waals surface area contributed by atoms with Crippen molar-refractivity contribution >= 4 is 21.8 Å². The molecular formula is C23H27N3O4S. The summed E-state index contributed by atoms with van der Waals surface area (Å²) in [5.74, 6) is -0.677. The van der Waals surface area contributed by atoms with Crippen LogP contribution in [-0.4, -0.2) is 50.7 Å². The third-order valence-corrected chi connectivity index (χ3v) is 8.25. The summed E-state index contributed by atoms with van der Waals surface area (Å²) < 4.78 is 27.7. The van der Waals surface area contributed by atoms with Gasteiger partial charge in [-0.2, -0.15) is 4.31 Å². The molecule has 4 rings (SSSR count). The fraction of sp³-hybridized carbons (Fsp3) is 0.391. The third kappa shape index (κ3) is 4.22. The molecule has 1 saturated carbocycles. The Morgan fingerprint density at radius 3 is 2.29 bits per heavy atom. The number of rotatable bonds is 7. The van der Waals surface area contributed by atoms with Gasteiger partial charge >= 0.3 is 0 Å². The minimum absolute atomic E-state index is 0.0643. The summed E-state index contributed by atoms with van der Waals surface area (Å²) >= 11 is 0. The Balaban J connectivity index is 1.45. The molecule has 3 unspecified atom stereocenters. The van der Waals surface area contributed by atoms with Crippen molar-refractivity contribution in [2.75, 3.05) is 20.1 Å². The van der Waals surface area contributed by atoms with Gasteiger partial charge in [0.25, 0.3) is 0 Å². The van der Waals surface area contributed by atoms with Crippen LogP contribution in [0.4, 0.5) is 0 Å². The molecule has 2 aromatic rings. The second-order valence-corrected chi connectivity index (χ2v) is 10.2. The van der Waals surface area contributed by atoms with E-state index < -0.39 is 21.5 Å². The highest BCUT2D eigenvalue weighted by molar-refractivity contribution is 7.89. The highest BCUT2D eigenvalue weighted by Crippen LogP contribution is 2.60. The quantitative estimate of drug-likeness (QED) is 0.682. The van der Waals surface area contributed by atoms with Crippen molar-refractivity contribution < 1.29 is 18.0 Å². The van der Waals surface area contributed by atoms with E-state index in [1.807, 2.05) is 30.3 Å². The van der Waals surface area contributed by atoms with Crippen LogP contribution in [0.15, 0.2) is 65.6 Å². The fourth-order valence-corrected chi connectivity index (χ4v) is 6.26. The first kappa shape index (κ1) is 21.5. The molecule has 7 nitrogen and oxygen atoms in total. The van der Waals surface area contributed by atoms with Gasteiger partial charge in [-0.25, -0.2) is 8.42 Å². The van der Waals surface area contributed by atoms with Crippen LogP contribution in [0.1, 0.15) is 18.4 Å². The van der Waals surface area contributed by atoms with Crippen molar-refractivity contribution in [3.05, 3.63) is 66.2 Å². The monoisotopic (exact) mass is 441 g/mol. The Morgan fingerprint density at radius 1 is 1.00 bits per heavy atom. The molecule has 2 N–H and O–H groups in total. The minimum Gasteiger partial charge on any atom is -0.358 e. The van der Waals surface area contributed by atoms with Crippen LogP contribution in [0.25, 0.3) is 0 Å². The first-order valence-electron chi connectivity index (χ1n) is 10.5. The van der Waals surface area contributed by atoms with E-state index in [9.17, 15) is 18.0 Å². The lowest BCUT2D eigenvalue weighted by Gasteiger charge is -2.22. The normalized spacial score (nSPS) is 25.3. The van der Waals surface area contributed by atoms with Crippen molar-refractivity contribution in [2.45, 2.75) is 30.2 Å². The molecule has 1 aliphatic carbocycles. The van der Waals surface area contributed by atoms with Gasteiger partial charge in [-0.1, -0.05) is 48.5 Å². The summed E-state index contributed by atoms with van der Waals surface area (Å²) in [6, 6.07) is 17.2. The lowest BCUT2D eigenvalue weighted by atomic mass is 9.99. The van der Waals surface area contributed by atoms with Crippen molar-refractivity contribution in [1.29, 1.82) is 0 Å². The highest BCUT2D eigenvalue weighted by Gasteiger charge is 2.65. The van der Waals surface area contributed by atoms with Gasteiger partial charge in [0.15, 0.2) is 0 Å². The summed E-state index contributed by atoms with van der Waals surface area (Å²) in [7, 11) is -2.33. The van der Waals surface area contributed by atoms with Crippen molar-refractivity contribution in [3.63, 3.8) is 0 Å². The largest absolute Gasteiger partial charge is 0.358 e. The average Bonchev–Trinajstić information content (AvgIpc) is 3.35. The number of nitrogens with zero attached hydrogens (tertiary/aromatic N) is 1. The summed E-state index contributed by atoms with van der Waals surface area (Å²) in [6.45, 7) is 0.708. The zero-order valence-corrected chi connectivity index (χ0v) is 18.3. The molecule has 0 radical (unpaired) electrons. The van der Waals surface area contributed by atoms with Gasteiger partial charge in [0.05, 0.1) is 4.90 Å². The van der Waals surface area contributed by atoms with Crippen LogP contribution >= 0.6 is 0 Å². The van der Waals surface area contributed by atoms with Crippen LogP contribution in [0.5, 0.6) is 0 Å². The van der Waals surface area contributed by atoms with Gasteiger partial charge in [-0.15, -0.1) is 0 Å². The highest BCUT2D eigenvalue weighted by atomic mass is 32.2. The van der Waals surface area contributed by atoms with Gasteiger partial charge < -0.3 is 10.6 Å². The summed E-state index contributed by atoms with van der Waals surface area (Å²) in [5, 5.41) is 5.56. The molecular weight excluding hydrogens is 414 g/mol. The Morgan fingerprint density at radius 2 is 1.65 bits per heavy atom. The van der Waals surface area contributed by atoms with E-state index in [0.29, 0.717) is 19.4 Å². The van der Waals surface area contributed by atoms with Crippen LogP contribution in [0.3, 0.4) is 0 Å². The van der Waals surface area contributed by atoms with E-state index >= 15 is 0 Å². The molecule has 1 aliphatic heterocycles. The molecule has 3 atom stereocenters. The zero-order chi connectivity index (χ0) is 22.1. The molecule has 8 heteroatoms. The van der Waals surface area contributed by atoms with Gasteiger partial charge in [0, 0.05) is 26.1 Å². The van der Waals surface area contributed by atoms with Crippen LogP contribution in [0.2, 0.25) is 0 Å². The van der Waals surface area contributed by atoms with E-state index in [2.05, 4.69) is 10.6 Å². The number of carbonyl (C=O) groups is 2. The lowest BCUT2D eigenvalue weighted by Crippen LogP contribution is -2.44. The van der Waals surface area contributed by atoms with Crippen LogP contribution in [0, 0.1) is 11.3 Å². The zero-order valence-electron chi connectivity index (χ0n) is 17.5. The SMILES string of the molecule is CNC(=O)C1CC2(CC2C(=O)NCCc2ccccc2)CN1S(=O)(=O)c1ccccc1. The van der Waals surface area contributed by atoms with Crippen molar-refractivity contribution in [1.82, 2.24) is 14.9 Å². The molecule has 2 fully saturated rings. The molecule has 164 valence electrons. The number of hydrogen-bond acceptors (Lipinski definition) is 4. The van der Waals surface area contributed by atoms with Gasteiger partial charge in [0.2, 0.25) is 21.8 Å². The maximum Gasteiger partial charge on any atom is 0.243 e. The first-order valence-corrected chi connectivity index (χ1v) is 11.9. The topological polar surface area (TPSA) is 95.6 Å². The Hall–Kier alpha value is -2.71. The first-order chi connectivity index (χ1) is 14.9. The number of benzene rings is 2.